The van der Waals surface area contributed by atoms with Crippen molar-refractivity contribution < 1.29 is 17.9 Å². The zero-order chi connectivity index (χ0) is 11.3. The first kappa shape index (κ1) is 12.9. The van der Waals surface area contributed by atoms with E-state index in [1.165, 1.54) is 0 Å². The van der Waals surface area contributed by atoms with Gasteiger partial charge >= 0.3 is 0 Å². The van der Waals surface area contributed by atoms with Gasteiger partial charge in [0, 0.05) is 26.8 Å². The second-order valence-corrected chi connectivity index (χ2v) is 6.04. The van der Waals surface area contributed by atoms with Crippen molar-refractivity contribution in [2.24, 2.45) is 0 Å². The van der Waals surface area contributed by atoms with Gasteiger partial charge in [0.1, 0.15) is 9.84 Å². The molecule has 90 valence electrons. The zero-order valence-corrected chi connectivity index (χ0v) is 10.0. The molecule has 0 bridgehead atoms. The predicted molar refractivity (Wildman–Crippen MR) is 57.5 cm³/mol. The molecule has 1 rings (SSSR count). The normalized spacial score (nSPS) is 22.1. The van der Waals surface area contributed by atoms with Gasteiger partial charge in [0.15, 0.2) is 6.29 Å². The molecule has 0 aromatic carbocycles. The summed E-state index contributed by atoms with van der Waals surface area (Å²) in [5.74, 6) is 0.574. The maximum atomic E-state index is 11.2. The van der Waals surface area contributed by atoms with Gasteiger partial charge in [-0.15, -0.1) is 0 Å². The van der Waals surface area contributed by atoms with Crippen molar-refractivity contribution in [1.82, 2.24) is 5.32 Å². The fraction of sp³-hybridized carbons (Fsp3) is 1.00. The molecule has 5 nitrogen and oxygen atoms in total. The van der Waals surface area contributed by atoms with Gasteiger partial charge in [0.2, 0.25) is 0 Å². The van der Waals surface area contributed by atoms with E-state index in [1.807, 2.05) is 0 Å². The van der Waals surface area contributed by atoms with Crippen LogP contribution in [0, 0.1) is 0 Å². The second-order valence-electron chi connectivity index (χ2n) is 3.74. The molecule has 0 radical (unpaired) electrons. The molecule has 0 aliphatic carbocycles. The maximum absolute atomic E-state index is 11.2. The fourth-order valence-corrected chi connectivity index (χ4v) is 3.11. The monoisotopic (exact) mass is 237 g/mol. The molecule has 0 atom stereocenters. The summed E-state index contributed by atoms with van der Waals surface area (Å²) in [7, 11) is 0.401. The molecule has 0 aromatic rings. The molecule has 1 aliphatic heterocycles. The smallest absolute Gasteiger partial charge is 0.169 e. The van der Waals surface area contributed by atoms with E-state index >= 15 is 0 Å². The molecular weight excluding hydrogens is 218 g/mol. The molecule has 0 saturated carbocycles. The van der Waals surface area contributed by atoms with E-state index in [0.29, 0.717) is 19.4 Å². The van der Waals surface area contributed by atoms with Crippen molar-refractivity contribution in [2.75, 3.05) is 32.3 Å². The molecule has 6 heteroatoms. The Labute approximate surface area is 91.1 Å². The van der Waals surface area contributed by atoms with Crippen LogP contribution in [0.1, 0.15) is 12.8 Å². The van der Waals surface area contributed by atoms with E-state index in [1.54, 1.807) is 14.2 Å². The lowest BCUT2D eigenvalue weighted by atomic mass is 10.1. The Bertz CT molecular complexity index is 260. The summed E-state index contributed by atoms with van der Waals surface area (Å²) >= 11 is 0. The maximum Gasteiger partial charge on any atom is 0.169 e. The van der Waals surface area contributed by atoms with Crippen molar-refractivity contribution in [3.05, 3.63) is 0 Å². The number of hydrogen-bond donors (Lipinski definition) is 1. The molecule has 0 amide bonds. The van der Waals surface area contributed by atoms with Gasteiger partial charge in [-0.3, -0.25) is 0 Å². The number of sulfone groups is 1. The Morgan fingerprint density at radius 1 is 1.27 bits per heavy atom. The highest BCUT2D eigenvalue weighted by atomic mass is 32.2. The third kappa shape index (κ3) is 4.46. The van der Waals surface area contributed by atoms with E-state index in [9.17, 15) is 8.42 Å². The highest BCUT2D eigenvalue weighted by molar-refractivity contribution is 7.91. The summed E-state index contributed by atoms with van der Waals surface area (Å²) in [5.41, 5.74) is 0. The van der Waals surface area contributed by atoms with Crippen molar-refractivity contribution in [3.8, 4) is 0 Å². The van der Waals surface area contributed by atoms with Crippen LogP contribution in [0.5, 0.6) is 0 Å². The van der Waals surface area contributed by atoms with Gasteiger partial charge in [-0.05, 0) is 12.8 Å². The molecule has 0 unspecified atom stereocenters. The van der Waals surface area contributed by atoms with Crippen LogP contribution < -0.4 is 5.32 Å². The van der Waals surface area contributed by atoms with Gasteiger partial charge in [0.05, 0.1) is 11.5 Å². The minimum Gasteiger partial charge on any atom is -0.355 e. The number of hydrogen-bond acceptors (Lipinski definition) is 5. The molecule has 1 aliphatic rings. The molecule has 1 saturated heterocycles. The first-order chi connectivity index (χ1) is 7.07. The third-order valence-electron chi connectivity index (χ3n) is 2.65. The molecule has 0 spiro atoms. The minimum absolute atomic E-state index is 0.261. The topological polar surface area (TPSA) is 64.6 Å². The van der Waals surface area contributed by atoms with Crippen LogP contribution in [0.4, 0.5) is 0 Å². The van der Waals surface area contributed by atoms with E-state index in [-0.39, 0.29) is 23.8 Å². The minimum atomic E-state index is -2.77. The molecule has 1 fully saturated rings. The summed E-state index contributed by atoms with van der Waals surface area (Å²) in [6.07, 6.45) is 1.11. The highest BCUT2D eigenvalue weighted by Crippen LogP contribution is 2.12. The van der Waals surface area contributed by atoms with Gasteiger partial charge < -0.3 is 14.8 Å². The Hall–Kier alpha value is -0.170. The average molecular weight is 237 g/mol. The van der Waals surface area contributed by atoms with Crippen molar-refractivity contribution in [1.29, 1.82) is 0 Å². The summed E-state index contributed by atoms with van der Waals surface area (Å²) in [6.45, 7) is 0.595. The van der Waals surface area contributed by atoms with Crippen LogP contribution in [-0.2, 0) is 19.3 Å². The second kappa shape index (κ2) is 5.79. The van der Waals surface area contributed by atoms with Gasteiger partial charge in [-0.25, -0.2) is 8.42 Å². The van der Waals surface area contributed by atoms with Crippen LogP contribution in [-0.4, -0.2) is 53.0 Å². The number of nitrogens with one attached hydrogen (secondary N) is 1. The molecule has 0 aromatic heterocycles. The zero-order valence-electron chi connectivity index (χ0n) is 9.23. The fourth-order valence-electron chi connectivity index (χ4n) is 1.62. The van der Waals surface area contributed by atoms with Crippen molar-refractivity contribution >= 4 is 9.84 Å². The van der Waals surface area contributed by atoms with E-state index in [0.717, 1.165) is 0 Å². The van der Waals surface area contributed by atoms with Crippen molar-refractivity contribution in [3.63, 3.8) is 0 Å². The predicted octanol–water partition coefficient (Wildman–Crippen LogP) is -0.228. The largest absolute Gasteiger partial charge is 0.355 e. The standard InChI is InChI=1S/C9H19NO4S/c1-13-9(14-2)7-10-8-3-5-15(11,12)6-4-8/h8-10H,3-7H2,1-2H3. The Kier molecular flexibility index (Phi) is 4.98. The quantitative estimate of drug-likeness (QED) is 0.669. The summed E-state index contributed by atoms with van der Waals surface area (Å²) in [4.78, 5) is 0. The van der Waals surface area contributed by atoms with Crippen LogP contribution >= 0.6 is 0 Å². The van der Waals surface area contributed by atoms with E-state index in [2.05, 4.69) is 5.32 Å². The van der Waals surface area contributed by atoms with Gasteiger partial charge in [-0.2, -0.15) is 0 Å². The lowest BCUT2D eigenvalue weighted by Gasteiger charge is -2.24. The molecule has 1 heterocycles. The van der Waals surface area contributed by atoms with Crippen LogP contribution in [0.3, 0.4) is 0 Å². The van der Waals surface area contributed by atoms with Gasteiger partial charge in [-0.1, -0.05) is 0 Å². The Morgan fingerprint density at radius 3 is 2.27 bits per heavy atom. The number of ether oxygens (including phenoxy) is 2. The lowest BCUT2D eigenvalue weighted by molar-refractivity contribution is -0.0999. The molecule has 1 N–H and O–H groups in total. The van der Waals surface area contributed by atoms with Crippen molar-refractivity contribution in [2.45, 2.75) is 25.2 Å². The Morgan fingerprint density at radius 2 is 1.80 bits per heavy atom. The highest BCUT2D eigenvalue weighted by Gasteiger charge is 2.23. The van der Waals surface area contributed by atoms with Crippen LogP contribution in [0.15, 0.2) is 0 Å². The molecule has 15 heavy (non-hydrogen) atoms. The number of methoxy groups -OCH3 is 2. The van der Waals surface area contributed by atoms with E-state index < -0.39 is 9.84 Å². The summed E-state index contributed by atoms with van der Waals surface area (Å²) in [6, 6.07) is 0.265. The Balaban J connectivity index is 2.24. The first-order valence-corrected chi connectivity index (χ1v) is 6.89. The van der Waals surface area contributed by atoms with Gasteiger partial charge in [0.25, 0.3) is 0 Å². The number of rotatable bonds is 5. The SMILES string of the molecule is COC(CNC1CCS(=O)(=O)CC1)OC. The molecular formula is C9H19NO4S. The first-order valence-electron chi connectivity index (χ1n) is 5.07. The van der Waals surface area contributed by atoms with Crippen LogP contribution in [0.2, 0.25) is 0 Å². The lowest BCUT2D eigenvalue weighted by Crippen LogP contribution is -2.41. The van der Waals surface area contributed by atoms with Crippen LogP contribution in [0.25, 0.3) is 0 Å². The summed E-state index contributed by atoms with van der Waals surface area (Å²) in [5, 5.41) is 3.25. The summed E-state index contributed by atoms with van der Waals surface area (Å²) < 4.78 is 32.4. The average Bonchev–Trinajstić information content (AvgIpc) is 2.21. The third-order valence-corrected chi connectivity index (χ3v) is 4.37. The van der Waals surface area contributed by atoms with E-state index in [4.69, 9.17) is 9.47 Å².